The minimum Gasteiger partial charge on any atom is -0.491 e. The zero-order valence-electron chi connectivity index (χ0n) is 18.2. The van der Waals surface area contributed by atoms with Gasteiger partial charge >= 0.3 is 18.8 Å². The largest absolute Gasteiger partial charge is 0.491 e. The molecule has 0 heterocycles. The molecule has 0 atom stereocenters. The Balaban J connectivity index is 1.73. The third-order valence-electron chi connectivity index (χ3n) is 4.73. The Hall–Kier alpha value is -4.00. The number of alkyl halides is 5. The van der Waals surface area contributed by atoms with Gasteiger partial charge in [0, 0.05) is 12.1 Å². The first kappa shape index (κ1) is 26.6. The summed E-state index contributed by atoms with van der Waals surface area (Å²) in [6, 6.07) is 5.13. The van der Waals surface area contributed by atoms with E-state index in [4.69, 9.17) is 9.84 Å². The van der Waals surface area contributed by atoms with E-state index in [1.807, 2.05) is 0 Å². The SMILES string of the molecule is O=C(Nc1ccc(OCCO)c(C(F)(F)F)c1)Nc1ccc(C2=CCC(=O)C(OC(F)F)=C2)cc1F. The van der Waals surface area contributed by atoms with E-state index in [9.17, 15) is 35.9 Å². The number of carbonyl (C=O) groups is 2. The van der Waals surface area contributed by atoms with Crippen LogP contribution in [-0.2, 0) is 15.7 Å². The molecule has 1 aliphatic carbocycles. The number of allylic oxidation sites excluding steroid dienone is 4. The van der Waals surface area contributed by atoms with E-state index in [2.05, 4.69) is 15.4 Å². The molecule has 0 radical (unpaired) electrons. The first-order valence-electron chi connectivity index (χ1n) is 10.2. The number of aliphatic hydroxyl groups is 1. The summed E-state index contributed by atoms with van der Waals surface area (Å²) in [5.74, 6) is -2.72. The number of benzene rings is 2. The van der Waals surface area contributed by atoms with Crippen LogP contribution in [-0.4, -0.2) is 36.7 Å². The molecule has 13 heteroatoms. The van der Waals surface area contributed by atoms with E-state index in [0.29, 0.717) is 6.07 Å². The fourth-order valence-corrected chi connectivity index (χ4v) is 3.17. The highest BCUT2D eigenvalue weighted by atomic mass is 19.4. The molecule has 0 bridgehead atoms. The lowest BCUT2D eigenvalue weighted by Gasteiger charge is -2.16. The molecule has 0 fully saturated rings. The fraction of sp³-hybridized carbons (Fsp3) is 0.217. The number of hydrogen-bond donors (Lipinski definition) is 3. The third kappa shape index (κ3) is 6.78. The fourth-order valence-electron chi connectivity index (χ4n) is 3.17. The van der Waals surface area contributed by atoms with Gasteiger partial charge in [-0.3, -0.25) is 4.79 Å². The summed E-state index contributed by atoms with van der Waals surface area (Å²) in [4.78, 5) is 23.9. The van der Waals surface area contributed by atoms with Crippen molar-refractivity contribution in [3.05, 3.63) is 71.3 Å². The number of ketones is 1. The number of rotatable bonds is 8. The zero-order valence-corrected chi connectivity index (χ0v) is 18.2. The number of carbonyl (C=O) groups excluding carboxylic acids is 2. The maximum atomic E-state index is 14.6. The number of anilines is 2. The Labute approximate surface area is 200 Å². The molecule has 3 N–H and O–H groups in total. The lowest BCUT2D eigenvalue weighted by atomic mass is 9.97. The van der Waals surface area contributed by atoms with Crippen molar-refractivity contribution in [2.24, 2.45) is 0 Å². The van der Waals surface area contributed by atoms with Crippen molar-refractivity contribution in [2.75, 3.05) is 23.8 Å². The van der Waals surface area contributed by atoms with Gasteiger partial charge in [0.25, 0.3) is 0 Å². The Bertz CT molecular complexity index is 1210. The number of ether oxygens (including phenoxy) is 2. The number of urea groups is 1. The van der Waals surface area contributed by atoms with Crippen molar-refractivity contribution in [1.82, 2.24) is 0 Å². The van der Waals surface area contributed by atoms with Crippen LogP contribution in [0.3, 0.4) is 0 Å². The molecule has 1 aliphatic rings. The van der Waals surface area contributed by atoms with Gasteiger partial charge in [0.15, 0.2) is 5.76 Å². The molecule has 2 amide bonds. The summed E-state index contributed by atoms with van der Waals surface area (Å²) in [5, 5.41) is 13.1. The summed E-state index contributed by atoms with van der Waals surface area (Å²) >= 11 is 0. The van der Waals surface area contributed by atoms with Crippen molar-refractivity contribution in [2.45, 2.75) is 19.2 Å². The van der Waals surface area contributed by atoms with Crippen LogP contribution in [0, 0.1) is 5.82 Å². The molecule has 0 saturated carbocycles. The van der Waals surface area contributed by atoms with Crippen molar-refractivity contribution in [1.29, 1.82) is 0 Å². The predicted molar refractivity (Wildman–Crippen MR) is 116 cm³/mol. The maximum Gasteiger partial charge on any atom is 0.420 e. The quantitative estimate of drug-likeness (QED) is 0.412. The lowest BCUT2D eigenvalue weighted by molar-refractivity contribution is -0.139. The smallest absolute Gasteiger partial charge is 0.420 e. The highest BCUT2D eigenvalue weighted by molar-refractivity contribution is 6.02. The summed E-state index contributed by atoms with van der Waals surface area (Å²) in [6.45, 7) is -4.08. The minimum absolute atomic E-state index is 0.203. The third-order valence-corrected chi connectivity index (χ3v) is 4.73. The second-order valence-electron chi connectivity index (χ2n) is 7.23. The molecule has 0 spiro atoms. The molecule has 0 aromatic heterocycles. The Morgan fingerprint density at radius 2 is 1.86 bits per heavy atom. The second-order valence-corrected chi connectivity index (χ2v) is 7.23. The molecule has 7 nitrogen and oxygen atoms in total. The van der Waals surface area contributed by atoms with Gasteiger partial charge < -0.3 is 25.2 Å². The van der Waals surface area contributed by atoms with Gasteiger partial charge in [-0.2, -0.15) is 22.0 Å². The topological polar surface area (TPSA) is 96.9 Å². The van der Waals surface area contributed by atoms with Crippen LogP contribution >= 0.6 is 0 Å². The summed E-state index contributed by atoms with van der Waals surface area (Å²) in [5.41, 5.74) is -1.33. The maximum absolute atomic E-state index is 14.6. The Morgan fingerprint density at radius 1 is 1.11 bits per heavy atom. The summed E-state index contributed by atoms with van der Waals surface area (Å²) < 4.78 is 88.4. The summed E-state index contributed by atoms with van der Waals surface area (Å²) in [6.07, 6.45) is -2.62. The van der Waals surface area contributed by atoms with Crippen LogP contribution < -0.4 is 15.4 Å². The molecular formula is C23H18F6N2O5. The van der Waals surface area contributed by atoms with E-state index in [1.54, 1.807) is 0 Å². The van der Waals surface area contributed by atoms with Gasteiger partial charge in [0.05, 0.1) is 17.9 Å². The number of Topliss-reactive ketones (excluding diaryl/α,β-unsaturated/α-hetero) is 1. The van der Waals surface area contributed by atoms with Gasteiger partial charge in [-0.15, -0.1) is 0 Å². The van der Waals surface area contributed by atoms with E-state index in [-0.39, 0.29) is 35.5 Å². The van der Waals surface area contributed by atoms with Crippen LogP contribution in [0.1, 0.15) is 17.5 Å². The van der Waals surface area contributed by atoms with Crippen molar-refractivity contribution >= 4 is 28.8 Å². The molecule has 0 unspecified atom stereocenters. The molecule has 3 rings (SSSR count). The van der Waals surface area contributed by atoms with E-state index in [1.165, 1.54) is 12.1 Å². The van der Waals surface area contributed by atoms with Gasteiger partial charge in [-0.25, -0.2) is 9.18 Å². The number of aliphatic hydroxyl groups excluding tert-OH is 1. The molecular weight excluding hydrogens is 498 g/mol. The van der Waals surface area contributed by atoms with Gasteiger partial charge in [-0.05, 0) is 47.5 Å². The number of halogens is 6. The monoisotopic (exact) mass is 516 g/mol. The average molecular weight is 516 g/mol. The molecule has 0 aliphatic heterocycles. The van der Waals surface area contributed by atoms with Gasteiger partial charge in [0.2, 0.25) is 5.78 Å². The van der Waals surface area contributed by atoms with Crippen LogP contribution in [0.25, 0.3) is 5.57 Å². The van der Waals surface area contributed by atoms with Crippen LogP contribution in [0.5, 0.6) is 5.75 Å². The minimum atomic E-state index is -4.81. The summed E-state index contributed by atoms with van der Waals surface area (Å²) in [7, 11) is 0. The highest BCUT2D eigenvalue weighted by Crippen LogP contribution is 2.38. The molecule has 2 aromatic rings. The zero-order chi connectivity index (χ0) is 26.5. The average Bonchev–Trinajstić information content (AvgIpc) is 2.80. The van der Waals surface area contributed by atoms with Crippen molar-refractivity contribution in [3.63, 3.8) is 0 Å². The van der Waals surface area contributed by atoms with Crippen LogP contribution in [0.15, 0.2) is 54.3 Å². The van der Waals surface area contributed by atoms with Crippen molar-refractivity contribution in [3.8, 4) is 5.75 Å². The standard InChI is InChI=1S/C23H18F6N2O5/c24-16-9-12(13-2-5-18(33)20(10-13)36-21(25)26)1-4-17(16)31-22(34)30-14-3-6-19(35-8-7-32)15(11-14)23(27,28)29/h1-4,6,9-11,21,32H,5,7-8H2,(H2,30,31,34). The lowest BCUT2D eigenvalue weighted by Crippen LogP contribution is -2.21. The number of nitrogens with one attached hydrogen (secondary N) is 2. The highest BCUT2D eigenvalue weighted by Gasteiger charge is 2.35. The molecule has 0 saturated heterocycles. The predicted octanol–water partition coefficient (Wildman–Crippen LogP) is 5.34. The molecule has 192 valence electrons. The first-order valence-corrected chi connectivity index (χ1v) is 10.2. The van der Waals surface area contributed by atoms with Crippen molar-refractivity contribution < 1.29 is 50.5 Å². The van der Waals surface area contributed by atoms with Crippen LogP contribution in [0.4, 0.5) is 42.5 Å². The van der Waals surface area contributed by atoms with E-state index < -0.39 is 54.1 Å². The Kier molecular flexibility index (Phi) is 8.25. The Morgan fingerprint density at radius 3 is 2.50 bits per heavy atom. The van der Waals surface area contributed by atoms with Gasteiger partial charge in [0.1, 0.15) is 18.2 Å². The number of amides is 2. The molecule has 2 aromatic carbocycles. The second kappa shape index (κ2) is 11.2. The first-order chi connectivity index (χ1) is 17.0. The van der Waals surface area contributed by atoms with E-state index in [0.717, 1.165) is 30.3 Å². The van der Waals surface area contributed by atoms with Gasteiger partial charge in [-0.1, -0.05) is 12.1 Å². The normalized spacial score (nSPS) is 13.7. The molecule has 36 heavy (non-hydrogen) atoms. The van der Waals surface area contributed by atoms with Crippen LogP contribution in [0.2, 0.25) is 0 Å². The van der Waals surface area contributed by atoms with E-state index >= 15 is 0 Å². The number of hydrogen-bond acceptors (Lipinski definition) is 5.